The summed E-state index contributed by atoms with van der Waals surface area (Å²) >= 11 is 0. The van der Waals surface area contributed by atoms with Gasteiger partial charge in [0.05, 0.1) is 10.6 Å². The Bertz CT molecular complexity index is 1180. The van der Waals surface area contributed by atoms with Crippen LogP contribution in [0.4, 0.5) is 5.69 Å². The Morgan fingerprint density at radius 2 is 1.43 bits per heavy atom. The van der Waals surface area contributed by atoms with Gasteiger partial charge in [0, 0.05) is 30.7 Å². The number of carbonyl (C=O) groups is 4. The smallest absolute Gasteiger partial charge is 0.677 e. The number of carbonyl (C=O) groups excluding carboxylic acids is 2. The molecule has 37 heavy (non-hydrogen) atoms. The fraction of sp³-hybridized carbons (Fsp3) is 0.409. The first-order valence-corrected chi connectivity index (χ1v) is 12.4. The average Bonchev–Trinajstić information content (AvgIpc) is 3.10. The fourth-order valence-corrected chi connectivity index (χ4v) is 4.75. The molecule has 0 unspecified atom stereocenters. The van der Waals surface area contributed by atoms with E-state index in [1.165, 1.54) is 25.0 Å². The van der Waals surface area contributed by atoms with E-state index in [4.69, 9.17) is 21.7 Å². The maximum absolute atomic E-state index is 12.3. The van der Waals surface area contributed by atoms with Crippen molar-refractivity contribution in [2.24, 2.45) is 22.4 Å². The van der Waals surface area contributed by atoms with E-state index >= 15 is 0 Å². The maximum atomic E-state index is 12.3. The molecule has 2 amide bonds. The molecular weight excluding hydrogens is 689 g/mol. The van der Waals surface area contributed by atoms with E-state index in [0.29, 0.717) is 24.9 Å². The van der Waals surface area contributed by atoms with Crippen LogP contribution in [0.2, 0.25) is 0 Å². The second kappa shape index (κ2) is 12.1. The van der Waals surface area contributed by atoms with Gasteiger partial charge in [0.1, 0.15) is 0 Å². The number of sulfonamides is 1. The Morgan fingerprint density at radius 3 is 1.81 bits per heavy atom. The monoisotopic (exact) mass is 714 g/mol. The van der Waals surface area contributed by atoms with Gasteiger partial charge in [-0.1, -0.05) is 24.7 Å². The number of rotatable bonds is 8. The Balaban J connectivity index is 0.000000457. The van der Waals surface area contributed by atoms with Gasteiger partial charge in [-0.2, -0.15) is 13.5 Å². The van der Waals surface area contributed by atoms with Gasteiger partial charge in [-0.05, 0) is 24.3 Å². The van der Waals surface area contributed by atoms with Gasteiger partial charge in [0.25, 0.3) is 21.8 Å². The van der Waals surface area contributed by atoms with E-state index in [-0.39, 0.29) is 37.4 Å². The summed E-state index contributed by atoms with van der Waals surface area (Å²) in [4.78, 5) is 47.9. The van der Waals surface area contributed by atoms with Crippen molar-refractivity contribution in [2.45, 2.75) is 30.6 Å². The number of benzene rings is 1. The molecule has 3 aliphatic rings. The van der Waals surface area contributed by atoms with Crippen LogP contribution in [-0.4, -0.2) is 61.2 Å². The molecule has 202 valence electrons. The zero-order valence-corrected chi connectivity index (χ0v) is 22.4. The van der Waals surface area contributed by atoms with Crippen LogP contribution in [0.5, 0.6) is 0 Å². The van der Waals surface area contributed by atoms with E-state index < -0.39 is 52.0 Å². The summed E-state index contributed by atoms with van der Waals surface area (Å²) in [5.41, 5.74) is 12.3. The third-order valence-electron chi connectivity index (χ3n) is 6.47. The van der Waals surface area contributed by atoms with E-state index in [0.717, 1.165) is 29.2 Å². The second-order valence-corrected chi connectivity index (χ2v) is 10.3. The summed E-state index contributed by atoms with van der Waals surface area (Å²) < 4.78 is 24.5. The minimum atomic E-state index is -4.11. The fourth-order valence-electron chi connectivity index (χ4n) is 3.90. The van der Waals surface area contributed by atoms with Crippen LogP contribution >= 0.6 is 0 Å². The zero-order valence-electron chi connectivity index (χ0n) is 19.3. The summed E-state index contributed by atoms with van der Waals surface area (Å²) in [6.07, 6.45) is 3.77. The molecule has 0 bridgehead atoms. The number of hydrazone groups is 1. The van der Waals surface area contributed by atoms with Crippen molar-refractivity contribution in [1.82, 2.24) is 4.83 Å². The number of carboxylic acid groups (broad SMARTS) is 2. The van der Waals surface area contributed by atoms with E-state index in [1.807, 2.05) is 4.83 Å². The summed E-state index contributed by atoms with van der Waals surface area (Å²) in [5, 5.41) is 21.6. The number of nitrogens with one attached hydrogen (secondary N) is 3. The minimum Gasteiger partial charge on any atom is -0.677 e. The van der Waals surface area contributed by atoms with Gasteiger partial charge in [-0.3, -0.25) is 19.2 Å². The van der Waals surface area contributed by atoms with Crippen molar-refractivity contribution in [3.8, 4) is 0 Å². The molecule has 0 spiro atoms. The Hall–Kier alpha value is -2.93. The third kappa shape index (κ3) is 6.32. The molecule has 2 fully saturated rings. The van der Waals surface area contributed by atoms with Crippen molar-refractivity contribution in [2.75, 3.05) is 18.0 Å². The molecule has 1 aliphatic heterocycles. The van der Waals surface area contributed by atoms with Gasteiger partial charge < -0.3 is 21.7 Å². The normalized spacial score (nSPS) is 21.6. The second-order valence-electron chi connectivity index (χ2n) is 8.66. The van der Waals surface area contributed by atoms with Crippen molar-refractivity contribution in [3.63, 3.8) is 0 Å². The van der Waals surface area contributed by atoms with Gasteiger partial charge in [-0.15, -0.1) is 13.1 Å². The molecular formula is C22H25N5O8PtS. The Morgan fingerprint density at radius 1 is 0.973 bits per heavy atom. The summed E-state index contributed by atoms with van der Waals surface area (Å²) in [6, 6.07) is 4.87. The van der Waals surface area contributed by atoms with Crippen LogP contribution in [0, 0.1) is 17.3 Å². The van der Waals surface area contributed by atoms with E-state index in [1.54, 1.807) is 0 Å². The molecule has 0 saturated heterocycles. The molecule has 1 heterocycles. The molecule has 2 saturated carbocycles. The summed E-state index contributed by atoms with van der Waals surface area (Å²) in [7, 11) is -4.11. The molecule has 2 aliphatic carbocycles. The van der Waals surface area contributed by atoms with Crippen LogP contribution in [-0.2, 0) is 50.3 Å². The van der Waals surface area contributed by atoms with Crippen molar-refractivity contribution in [1.29, 1.82) is 0 Å². The average molecular weight is 715 g/mol. The molecule has 4 rings (SSSR count). The molecule has 1 aromatic rings. The van der Waals surface area contributed by atoms with Crippen LogP contribution in [0.1, 0.15) is 25.7 Å². The topological polar surface area (TPSA) is 218 Å². The van der Waals surface area contributed by atoms with Gasteiger partial charge >= 0.3 is 33.0 Å². The Labute approximate surface area is 227 Å². The number of imide groups is 1. The molecule has 1 aromatic carbocycles. The van der Waals surface area contributed by atoms with Gasteiger partial charge in [0.2, 0.25) is 0 Å². The van der Waals surface area contributed by atoms with Gasteiger partial charge in [0.15, 0.2) is 5.41 Å². The summed E-state index contributed by atoms with van der Waals surface area (Å²) in [5.74, 6) is -2.97. The first kappa shape index (κ1) is 30.3. The minimum absolute atomic E-state index is 0. The number of anilines is 1. The zero-order chi connectivity index (χ0) is 26.7. The maximum Gasteiger partial charge on any atom is 2.00 e. The standard InChI is InChI=1S/C16H13N3O8S.C6H12N2.Pt/c20-12-5-6-13(21)19(12)10-1-3-11(4-2-10)28(26,27)18-17-9-7-16(8-9,14(22)23)15(24)25;7-3-5-1-2-6(5)4-8;/h1-6,18H,7-8H2,(H,22,23)(H,24,25);5-8H,1-4H2;/q;-2;+2/t;5-,6-;/m.0./s1. The third-order valence-corrected chi connectivity index (χ3v) is 7.69. The number of aliphatic carboxylic acids is 2. The molecule has 0 aromatic heterocycles. The number of nitrogens with zero attached hydrogens (tertiary/aromatic N) is 2. The first-order chi connectivity index (χ1) is 16.9. The molecule has 0 radical (unpaired) electrons. The van der Waals surface area contributed by atoms with Crippen molar-refractivity contribution >= 4 is 45.2 Å². The van der Waals surface area contributed by atoms with Crippen LogP contribution < -0.4 is 9.73 Å². The van der Waals surface area contributed by atoms with E-state index in [2.05, 4.69) is 5.10 Å². The van der Waals surface area contributed by atoms with Gasteiger partial charge in [-0.25, -0.2) is 9.73 Å². The van der Waals surface area contributed by atoms with Crippen molar-refractivity contribution in [3.05, 3.63) is 47.9 Å². The SMILES string of the molecule is O=C1C=CC(=O)N1c1ccc(S(=O)(=O)NN=C2CC(C(=O)O)(C(=O)O)C2)cc1.[NH-]C[C@@H]1CC[C@H]1C[NH-].[Pt+2]. The predicted octanol–water partition coefficient (Wildman–Crippen LogP) is 1.81. The number of carboxylic acids is 2. The summed E-state index contributed by atoms with van der Waals surface area (Å²) in [6.45, 7) is 1.09. The molecule has 13 nitrogen and oxygen atoms in total. The van der Waals surface area contributed by atoms with Crippen LogP contribution in [0.3, 0.4) is 0 Å². The number of hydrogen-bond donors (Lipinski definition) is 3. The molecule has 2 atom stereocenters. The quantitative estimate of drug-likeness (QED) is 0.204. The van der Waals surface area contributed by atoms with E-state index in [9.17, 15) is 27.6 Å². The van der Waals surface area contributed by atoms with Crippen molar-refractivity contribution < 1.29 is 58.9 Å². The number of amides is 2. The first-order valence-electron chi connectivity index (χ1n) is 10.9. The Kier molecular flexibility index (Phi) is 9.89. The largest absolute Gasteiger partial charge is 2.00 e. The number of hydrogen-bond acceptors (Lipinski definition) is 7. The predicted molar refractivity (Wildman–Crippen MR) is 127 cm³/mol. The van der Waals surface area contributed by atoms with Crippen LogP contribution in [0.25, 0.3) is 11.5 Å². The van der Waals surface area contributed by atoms with Crippen LogP contribution in [0.15, 0.2) is 46.4 Å². The molecule has 15 heteroatoms. The molecule has 5 N–H and O–H groups in total.